The maximum absolute atomic E-state index is 13.4. The Morgan fingerprint density at radius 1 is 0.815 bits per heavy atom. The first-order valence-corrected chi connectivity index (χ1v) is 9.71. The smallest absolute Gasteiger partial charge is 0.174 e. The van der Waals surface area contributed by atoms with Gasteiger partial charge in [-0.25, -0.2) is 0 Å². The Bertz CT molecular complexity index is 869. The van der Waals surface area contributed by atoms with Gasteiger partial charge in [-0.2, -0.15) is 0 Å². The second-order valence-corrected chi connectivity index (χ2v) is 6.92. The molecule has 0 bridgehead atoms. The van der Waals surface area contributed by atoms with Gasteiger partial charge in [0.05, 0.1) is 5.92 Å². The van der Waals surface area contributed by atoms with Crippen LogP contribution in [0.2, 0.25) is 5.02 Å². The van der Waals surface area contributed by atoms with Gasteiger partial charge >= 0.3 is 0 Å². The fraction of sp³-hybridized carbons (Fsp3) is 0.208. The average molecular weight is 378 g/mol. The van der Waals surface area contributed by atoms with Crippen molar-refractivity contribution in [3.8, 4) is 0 Å². The van der Waals surface area contributed by atoms with E-state index in [0.717, 1.165) is 35.5 Å². The maximum atomic E-state index is 13.4. The normalized spacial score (nSPS) is 11.8. The van der Waals surface area contributed by atoms with Crippen molar-refractivity contribution in [2.75, 3.05) is 18.0 Å². The molecule has 0 spiro atoms. The number of hydrogen-bond donors (Lipinski definition) is 0. The lowest BCUT2D eigenvalue weighted by Gasteiger charge is -2.22. The number of carbonyl (C=O) groups is 1. The largest absolute Gasteiger partial charge is 0.372 e. The third-order valence-electron chi connectivity index (χ3n) is 4.88. The second-order valence-electron chi connectivity index (χ2n) is 6.48. The average Bonchev–Trinajstić information content (AvgIpc) is 2.72. The molecule has 3 aromatic carbocycles. The lowest BCUT2D eigenvalue weighted by Crippen LogP contribution is -2.22. The lowest BCUT2D eigenvalue weighted by atomic mass is 9.85. The summed E-state index contributed by atoms with van der Waals surface area (Å²) in [6, 6.07) is 25.4. The number of ketones is 1. The van der Waals surface area contributed by atoms with Gasteiger partial charge in [-0.15, -0.1) is 0 Å². The first-order chi connectivity index (χ1) is 13.1. The predicted octanol–water partition coefficient (Wildman–Crippen LogP) is 6.20. The first-order valence-electron chi connectivity index (χ1n) is 9.33. The summed E-state index contributed by atoms with van der Waals surface area (Å²) >= 11 is 6.04. The topological polar surface area (TPSA) is 20.3 Å². The van der Waals surface area contributed by atoms with Gasteiger partial charge < -0.3 is 4.90 Å². The summed E-state index contributed by atoms with van der Waals surface area (Å²) in [4.78, 5) is 15.7. The summed E-state index contributed by atoms with van der Waals surface area (Å²) < 4.78 is 0. The number of benzene rings is 3. The Morgan fingerprint density at radius 3 is 1.93 bits per heavy atom. The van der Waals surface area contributed by atoms with Crippen LogP contribution in [0, 0.1) is 0 Å². The van der Waals surface area contributed by atoms with E-state index < -0.39 is 0 Å². The molecule has 0 heterocycles. The standard InChI is InChI=1S/C24H24ClNO/c1-3-26(4-2)22-16-12-20(13-17-22)24(27)23(18-8-6-5-7-9-18)19-10-14-21(25)15-11-19/h5-17,23H,3-4H2,1-2H3. The van der Waals surface area contributed by atoms with Crippen molar-refractivity contribution < 1.29 is 4.79 Å². The minimum Gasteiger partial charge on any atom is -0.372 e. The molecule has 2 nitrogen and oxygen atoms in total. The van der Waals surface area contributed by atoms with Gasteiger partial charge in [0.25, 0.3) is 0 Å². The van der Waals surface area contributed by atoms with Crippen LogP contribution in [0.3, 0.4) is 0 Å². The van der Waals surface area contributed by atoms with Crippen molar-refractivity contribution in [3.63, 3.8) is 0 Å². The Balaban J connectivity index is 1.97. The van der Waals surface area contributed by atoms with Gasteiger partial charge in [0.1, 0.15) is 0 Å². The van der Waals surface area contributed by atoms with E-state index in [4.69, 9.17) is 11.6 Å². The molecule has 0 saturated carbocycles. The molecule has 0 aliphatic rings. The van der Waals surface area contributed by atoms with Gasteiger partial charge in [-0.3, -0.25) is 4.79 Å². The first kappa shape index (κ1) is 19.2. The zero-order chi connectivity index (χ0) is 19.2. The van der Waals surface area contributed by atoms with E-state index in [2.05, 4.69) is 18.7 Å². The van der Waals surface area contributed by atoms with E-state index in [1.54, 1.807) is 0 Å². The van der Waals surface area contributed by atoms with Crippen molar-refractivity contribution in [1.29, 1.82) is 0 Å². The molecule has 3 aromatic rings. The molecular formula is C24H24ClNO. The summed E-state index contributed by atoms with van der Waals surface area (Å²) in [7, 11) is 0. The molecule has 0 aliphatic heterocycles. The fourth-order valence-electron chi connectivity index (χ4n) is 3.39. The highest BCUT2D eigenvalue weighted by molar-refractivity contribution is 6.30. The minimum absolute atomic E-state index is 0.0922. The Kier molecular flexibility index (Phi) is 6.31. The lowest BCUT2D eigenvalue weighted by molar-refractivity contribution is 0.0974. The zero-order valence-corrected chi connectivity index (χ0v) is 16.5. The van der Waals surface area contributed by atoms with Crippen molar-refractivity contribution in [2.45, 2.75) is 19.8 Å². The van der Waals surface area contributed by atoms with Gasteiger partial charge in [0.2, 0.25) is 0 Å². The molecule has 1 unspecified atom stereocenters. The summed E-state index contributed by atoms with van der Waals surface area (Å²) in [5.74, 6) is -0.252. The van der Waals surface area contributed by atoms with Gasteiger partial charge in [0.15, 0.2) is 5.78 Å². The van der Waals surface area contributed by atoms with E-state index in [-0.39, 0.29) is 11.7 Å². The van der Waals surface area contributed by atoms with Crippen LogP contribution in [0.5, 0.6) is 0 Å². The molecular weight excluding hydrogens is 354 g/mol. The van der Waals surface area contributed by atoms with Crippen molar-refractivity contribution >= 4 is 23.1 Å². The molecule has 1 atom stereocenters. The Labute approximate surface area is 166 Å². The number of carbonyl (C=O) groups excluding carboxylic acids is 1. The van der Waals surface area contributed by atoms with Crippen LogP contribution in [0.15, 0.2) is 78.9 Å². The van der Waals surface area contributed by atoms with E-state index in [0.29, 0.717) is 5.02 Å². The third kappa shape index (κ3) is 4.40. The molecule has 0 amide bonds. The number of nitrogens with zero attached hydrogens (tertiary/aromatic N) is 1. The molecule has 138 valence electrons. The highest BCUT2D eigenvalue weighted by Crippen LogP contribution is 2.30. The van der Waals surface area contributed by atoms with Crippen molar-refractivity contribution in [3.05, 3.63) is 101 Å². The maximum Gasteiger partial charge on any atom is 0.174 e. The number of hydrogen-bond acceptors (Lipinski definition) is 2. The number of anilines is 1. The zero-order valence-electron chi connectivity index (χ0n) is 15.7. The van der Waals surface area contributed by atoms with Crippen LogP contribution >= 0.6 is 11.6 Å². The number of rotatable bonds is 7. The van der Waals surface area contributed by atoms with Crippen LogP contribution in [0.25, 0.3) is 0 Å². The van der Waals surface area contributed by atoms with Gasteiger partial charge in [-0.1, -0.05) is 54.1 Å². The van der Waals surface area contributed by atoms with Gasteiger partial charge in [-0.05, 0) is 61.4 Å². The molecule has 0 saturated heterocycles. The predicted molar refractivity (Wildman–Crippen MR) is 114 cm³/mol. The highest BCUT2D eigenvalue weighted by Gasteiger charge is 2.24. The van der Waals surface area contributed by atoms with E-state index in [1.165, 1.54) is 0 Å². The molecule has 0 aromatic heterocycles. The second kappa shape index (κ2) is 8.88. The summed E-state index contributed by atoms with van der Waals surface area (Å²) in [5.41, 5.74) is 3.79. The molecule has 3 rings (SSSR count). The molecule has 0 radical (unpaired) electrons. The van der Waals surface area contributed by atoms with E-state index >= 15 is 0 Å². The molecule has 27 heavy (non-hydrogen) atoms. The summed E-state index contributed by atoms with van der Waals surface area (Å²) in [6.45, 7) is 6.16. The summed E-state index contributed by atoms with van der Waals surface area (Å²) in [6.07, 6.45) is 0. The monoisotopic (exact) mass is 377 g/mol. The van der Waals surface area contributed by atoms with Crippen LogP contribution in [-0.4, -0.2) is 18.9 Å². The molecule has 0 fully saturated rings. The Hall–Kier alpha value is -2.58. The minimum atomic E-state index is -0.345. The van der Waals surface area contributed by atoms with Crippen LogP contribution in [0.4, 0.5) is 5.69 Å². The van der Waals surface area contributed by atoms with Gasteiger partial charge in [0, 0.05) is 29.4 Å². The SMILES string of the molecule is CCN(CC)c1ccc(C(=O)C(c2ccccc2)c2ccc(Cl)cc2)cc1. The van der Waals surface area contributed by atoms with Crippen molar-refractivity contribution in [2.24, 2.45) is 0 Å². The number of Topliss-reactive ketones (excluding diaryl/α,β-unsaturated/α-hetero) is 1. The highest BCUT2D eigenvalue weighted by atomic mass is 35.5. The third-order valence-corrected chi connectivity index (χ3v) is 5.13. The van der Waals surface area contributed by atoms with E-state index in [1.807, 2.05) is 78.9 Å². The fourth-order valence-corrected chi connectivity index (χ4v) is 3.51. The molecule has 0 aliphatic carbocycles. The molecule has 3 heteroatoms. The molecule has 0 N–H and O–H groups in total. The number of halogens is 1. The van der Waals surface area contributed by atoms with Crippen LogP contribution < -0.4 is 4.90 Å². The Morgan fingerprint density at radius 2 is 1.37 bits per heavy atom. The van der Waals surface area contributed by atoms with Crippen molar-refractivity contribution in [1.82, 2.24) is 0 Å². The quantitative estimate of drug-likeness (QED) is 0.457. The summed E-state index contributed by atoms with van der Waals surface area (Å²) in [5, 5.41) is 0.668. The van der Waals surface area contributed by atoms with Crippen LogP contribution in [0.1, 0.15) is 41.3 Å². The van der Waals surface area contributed by atoms with E-state index in [9.17, 15) is 4.79 Å². The van der Waals surface area contributed by atoms with Crippen LogP contribution in [-0.2, 0) is 0 Å².